The zero-order chi connectivity index (χ0) is 25.1. The molecule has 36 heavy (non-hydrogen) atoms. The van der Waals surface area contributed by atoms with Crippen LogP contribution in [0.2, 0.25) is 0 Å². The highest BCUT2D eigenvalue weighted by Crippen LogP contribution is 2.33. The molecule has 1 aliphatic heterocycles. The van der Waals surface area contributed by atoms with Gasteiger partial charge in [0.1, 0.15) is 12.4 Å². The molecule has 2 aromatic heterocycles. The van der Waals surface area contributed by atoms with Gasteiger partial charge < -0.3 is 20.3 Å². The predicted molar refractivity (Wildman–Crippen MR) is 134 cm³/mol. The van der Waals surface area contributed by atoms with E-state index in [0.717, 1.165) is 37.6 Å². The first-order chi connectivity index (χ1) is 17.6. The molecular weight excluding hydrogens is 461 g/mol. The number of benzene rings is 2. The average Bonchev–Trinajstić information content (AvgIpc) is 3.36. The van der Waals surface area contributed by atoms with E-state index in [1.54, 1.807) is 13.0 Å². The van der Waals surface area contributed by atoms with E-state index in [4.69, 9.17) is 4.74 Å². The first kappa shape index (κ1) is 23.3. The molecule has 2 N–H and O–H groups in total. The van der Waals surface area contributed by atoms with Crippen molar-refractivity contribution in [3.05, 3.63) is 66.4 Å². The predicted octanol–water partition coefficient (Wildman–Crippen LogP) is 4.44. The van der Waals surface area contributed by atoms with E-state index in [1.165, 1.54) is 29.2 Å². The van der Waals surface area contributed by atoms with Crippen LogP contribution in [0.3, 0.4) is 0 Å². The van der Waals surface area contributed by atoms with Gasteiger partial charge in [0.25, 0.3) is 0 Å². The van der Waals surface area contributed by atoms with Crippen LogP contribution in [-0.2, 0) is 0 Å². The van der Waals surface area contributed by atoms with Crippen molar-refractivity contribution < 1.29 is 13.9 Å². The molecule has 1 saturated heterocycles. The summed E-state index contributed by atoms with van der Waals surface area (Å²) in [4.78, 5) is 22.6. The standard InChI is InChI=1S/C26H24FN7O2/c1-2-23(35)34-12-9-19-21(34)7-8-22(24(19)27)36-26-20(15-28)25(30-16-31-26)32-17-3-5-18(6-4-17)33-13-10-29-11-14-33/h3-9,12,16,29H,2,10-11,13-14H2,1H3,(H,30,31,32). The van der Waals surface area contributed by atoms with Crippen molar-refractivity contribution in [2.75, 3.05) is 36.4 Å². The fourth-order valence-electron chi connectivity index (χ4n) is 4.19. The summed E-state index contributed by atoms with van der Waals surface area (Å²) < 4.78 is 22.3. The number of nitriles is 1. The summed E-state index contributed by atoms with van der Waals surface area (Å²) >= 11 is 0. The van der Waals surface area contributed by atoms with E-state index in [2.05, 4.69) is 31.6 Å². The molecule has 0 aliphatic carbocycles. The van der Waals surface area contributed by atoms with Crippen molar-refractivity contribution in [3.8, 4) is 17.7 Å². The highest BCUT2D eigenvalue weighted by molar-refractivity contribution is 5.93. The Morgan fingerprint density at radius 2 is 1.94 bits per heavy atom. The van der Waals surface area contributed by atoms with Crippen molar-refractivity contribution in [1.82, 2.24) is 19.9 Å². The van der Waals surface area contributed by atoms with Crippen molar-refractivity contribution in [2.24, 2.45) is 0 Å². The van der Waals surface area contributed by atoms with Gasteiger partial charge in [0, 0.05) is 55.6 Å². The van der Waals surface area contributed by atoms with Gasteiger partial charge in [-0.3, -0.25) is 9.36 Å². The molecule has 0 spiro atoms. The third-order valence-corrected chi connectivity index (χ3v) is 6.09. The topological polar surface area (TPSA) is 108 Å². The van der Waals surface area contributed by atoms with Crippen molar-refractivity contribution in [2.45, 2.75) is 13.3 Å². The maximum atomic E-state index is 15.2. The van der Waals surface area contributed by atoms with Gasteiger partial charge in [-0.1, -0.05) is 6.92 Å². The summed E-state index contributed by atoms with van der Waals surface area (Å²) in [7, 11) is 0. The molecule has 2 aromatic carbocycles. The highest BCUT2D eigenvalue weighted by Gasteiger charge is 2.19. The lowest BCUT2D eigenvalue weighted by Crippen LogP contribution is -2.43. The Balaban J connectivity index is 1.39. The zero-order valence-electron chi connectivity index (χ0n) is 19.7. The molecule has 1 fully saturated rings. The number of hydrogen-bond donors (Lipinski definition) is 2. The number of nitrogens with zero attached hydrogens (tertiary/aromatic N) is 5. The molecule has 0 saturated carbocycles. The summed E-state index contributed by atoms with van der Waals surface area (Å²) in [5, 5.41) is 16.5. The third-order valence-electron chi connectivity index (χ3n) is 6.09. The van der Waals surface area contributed by atoms with Gasteiger partial charge >= 0.3 is 0 Å². The van der Waals surface area contributed by atoms with Crippen LogP contribution in [0.1, 0.15) is 23.7 Å². The Bertz CT molecular complexity index is 1450. The number of aromatic nitrogens is 3. The average molecular weight is 486 g/mol. The number of ether oxygens (including phenoxy) is 1. The van der Waals surface area contributed by atoms with Crippen molar-refractivity contribution >= 4 is 34.0 Å². The molecule has 0 unspecified atom stereocenters. The molecule has 0 radical (unpaired) electrons. The lowest BCUT2D eigenvalue weighted by atomic mass is 10.2. The Morgan fingerprint density at radius 3 is 2.67 bits per heavy atom. The zero-order valence-corrected chi connectivity index (χ0v) is 19.7. The number of anilines is 3. The number of carbonyl (C=O) groups is 1. The number of piperazine rings is 1. The summed E-state index contributed by atoms with van der Waals surface area (Å²) in [6.45, 7) is 5.53. The maximum absolute atomic E-state index is 15.2. The van der Waals surface area contributed by atoms with E-state index in [0.29, 0.717) is 11.9 Å². The van der Waals surface area contributed by atoms with E-state index in [1.807, 2.05) is 24.3 Å². The quantitative estimate of drug-likeness (QED) is 0.413. The van der Waals surface area contributed by atoms with Crippen LogP contribution in [0.25, 0.3) is 10.9 Å². The third kappa shape index (κ3) is 4.44. The lowest BCUT2D eigenvalue weighted by Gasteiger charge is -2.29. The van der Waals surface area contributed by atoms with Gasteiger partial charge in [-0.25, -0.2) is 14.4 Å². The molecule has 4 aromatic rings. The van der Waals surface area contributed by atoms with E-state index < -0.39 is 5.82 Å². The molecule has 0 atom stereocenters. The second-order valence-corrected chi connectivity index (χ2v) is 8.27. The van der Waals surface area contributed by atoms with Crippen LogP contribution in [0, 0.1) is 17.1 Å². The van der Waals surface area contributed by atoms with Crippen LogP contribution in [0.4, 0.5) is 21.6 Å². The monoisotopic (exact) mass is 485 g/mol. The number of rotatable bonds is 6. The number of halogens is 1. The molecule has 182 valence electrons. The van der Waals surface area contributed by atoms with E-state index in [-0.39, 0.29) is 34.3 Å². The molecule has 1 aliphatic rings. The second kappa shape index (κ2) is 10.0. The van der Waals surface area contributed by atoms with Gasteiger partial charge in [-0.05, 0) is 42.5 Å². The van der Waals surface area contributed by atoms with Gasteiger partial charge in [0.15, 0.2) is 22.9 Å². The van der Waals surface area contributed by atoms with Gasteiger partial charge in [0.05, 0.1) is 5.52 Å². The molecule has 0 amide bonds. The Kier molecular flexibility index (Phi) is 6.47. The summed E-state index contributed by atoms with van der Waals surface area (Å²) in [6, 6.07) is 14.4. The largest absolute Gasteiger partial charge is 0.434 e. The van der Waals surface area contributed by atoms with Gasteiger partial charge in [-0.15, -0.1) is 0 Å². The molecule has 9 nitrogen and oxygen atoms in total. The minimum absolute atomic E-state index is 0.0434. The summed E-state index contributed by atoms with van der Waals surface area (Å²) in [6.07, 6.45) is 3.08. The fraction of sp³-hybridized carbons (Fsp3) is 0.231. The first-order valence-electron chi connectivity index (χ1n) is 11.7. The number of carbonyl (C=O) groups excluding carboxylic acids is 1. The SMILES string of the molecule is CCC(=O)n1ccc2c(F)c(Oc3ncnc(Nc4ccc(N5CCNCC5)cc4)c3C#N)ccc21. The highest BCUT2D eigenvalue weighted by atomic mass is 19.1. The number of hydrogen-bond acceptors (Lipinski definition) is 8. The van der Waals surface area contributed by atoms with Crippen LogP contribution >= 0.6 is 0 Å². The smallest absolute Gasteiger partial charge is 0.242 e. The Hall–Kier alpha value is -4.49. The van der Waals surface area contributed by atoms with E-state index >= 15 is 4.39 Å². The molecule has 0 bridgehead atoms. The van der Waals surface area contributed by atoms with Crippen LogP contribution < -0.4 is 20.3 Å². The maximum Gasteiger partial charge on any atom is 0.242 e. The van der Waals surface area contributed by atoms with E-state index in [9.17, 15) is 10.1 Å². The minimum Gasteiger partial charge on any atom is -0.434 e. The number of fused-ring (bicyclic) bond motifs is 1. The fourth-order valence-corrected chi connectivity index (χ4v) is 4.19. The first-order valence-corrected chi connectivity index (χ1v) is 11.7. The molecule has 5 rings (SSSR count). The van der Waals surface area contributed by atoms with Crippen LogP contribution in [0.15, 0.2) is 55.0 Å². The second-order valence-electron chi connectivity index (χ2n) is 8.27. The molecular formula is C26H24FN7O2. The Labute approximate surface area is 207 Å². The summed E-state index contributed by atoms with van der Waals surface area (Å²) in [5.74, 6) is -0.716. The number of nitrogens with one attached hydrogen (secondary N) is 2. The Morgan fingerprint density at radius 1 is 1.17 bits per heavy atom. The van der Waals surface area contributed by atoms with Gasteiger partial charge in [0.2, 0.25) is 11.8 Å². The van der Waals surface area contributed by atoms with Crippen LogP contribution in [0.5, 0.6) is 11.6 Å². The molecule has 10 heteroatoms. The van der Waals surface area contributed by atoms with Crippen molar-refractivity contribution in [3.63, 3.8) is 0 Å². The van der Waals surface area contributed by atoms with Crippen LogP contribution in [-0.4, -0.2) is 46.6 Å². The van der Waals surface area contributed by atoms with Gasteiger partial charge in [-0.2, -0.15) is 5.26 Å². The summed E-state index contributed by atoms with van der Waals surface area (Å²) in [5.41, 5.74) is 2.35. The molecule has 3 heterocycles. The lowest BCUT2D eigenvalue weighted by molar-refractivity contribution is 0.0914. The normalized spacial score (nSPS) is 13.4. The van der Waals surface area contributed by atoms with Crippen molar-refractivity contribution in [1.29, 1.82) is 5.26 Å². The minimum atomic E-state index is -0.643.